The molecule has 2 saturated heterocycles. The lowest BCUT2D eigenvalue weighted by Gasteiger charge is -2.32. The third-order valence-electron chi connectivity index (χ3n) is 4.18. The van der Waals surface area contributed by atoms with Crippen molar-refractivity contribution in [3.8, 4) is 0 Å². The zero-order valence-corrected chi connectivity index (χ0v) is 12.1. The lowest BCUT2D eigenvalue weighted by atomic mass is 9.90. The monoisotopic (exact) mass is 260 g/mol. The maximum Gasteiger partial charge on any atom is 0.211 e. The fourth-order valence-corrected chi connectivity index (χ4v) is 3.88. The summed E-state index contributed by atoms with van der Waals surface area (Å²) in [5, 5.41) is 0. The highest BCUT2D eigenvalue weighted by atomic mass is 32.2. The Balaban J connectivity index is 2.04. The van der Waals surface area contributed by atoms with Gasteiger partial charge in [-0.1, -0.05) is 0 Å². The Morgan fingerprint density at radius 2 is 1.65 bits per heavy atom. The zero-order valence-electron chi connectivity index (χ0n) is 11.3. The van der Waals surface area contributed by atoms with E-state index in [2.05, 4.69) is 25.7 Å². The standard InChI is InChI=1S/C12H24N2O2S/c1-12(2,3)13-7-10-5-6-14(17(4,15)16)9-11(10)8-13/h10-11H,5-9H2,1-4H3. The summed E-state index contributed by atoms with van der Waals surface area (Å²) in [6.45, 7) is 10.3. The molecule has 0 aromatic rings. The molecule has 2 aliphatic rings. The first-order valence-corrected chi connectivity index (χ1v) is 8.23. The normalized spacial score (nSPS) is 32.7. The van der Waals surface area contributed by atoms with Crippen LogP contribution in [0.2, 0.25) is 0 Å². The van der Waals surface area contributed by atoms with Crippen molar-refractivity contribution >= 4 is 10.0 Å². The minimum atomic E-state index is -3.00. The maximum atomic E-state index is 11.6. The van der Waals surface area contributed by atoms with Crippen LogP contribution in [0.15, 0.2) is 0 Å². The van der Waals surface area contributed by atoms with E-state index in [9.17, 15) is 8.42 Å². The molecule has 2 rings (SSSR count). The molecule has 0 bridgehead atoms. The number of hydrogen-bond acceptors (Lipinski definition) is 3. The highest BCUT2D eigenvalue weighted by Gasteiger charge is 2.41. The quantitative estimate of drug-likeness (QED) is 0.706. The number of sulfonamides is 1. The number of hydrogen-bond donors (Lipinski definition) is 0. The van der Waals surface area contributed by atoms with Crippen LogP contribution in [0.4, 0.5) is 0 Å². The van der Waals surface area contributed by atoms with Crippen molar-refractivity contribution in [3.63, 3.8) is 0 Å². The first-order valence-electron chi connectivity index (χ1n) is 6.38. The van der Waals surface area contributed by atoms with Crippen molar-refractivity contribution in [2.45, 2.75) is 32.7 Å². The van der Waals surface area contributed by atoms with Gasteiger partial charge in [0, 0.05) is 31.7 Å². The van der Waals surface area contributed by atoms with Gasteiger partial charge < -0.3 is 0 Å². The molecular formula is C12H24N2O2S. The van der Waals surface area contributed by atoms with Crippen LogP contribution in [0, 0.1) is 11.8 Å². The topological polar surface area (TPSA) is 40.6 Å². The van der Waals surface area contributed by atoms with Crippen molar-refractivity contribution in [1.82, 2.24) is 9.21 Å². The fourth-order valence-electron chi connectivity index (χ4n) is 2.98. The summed E-state index contributed by atoms with van der Waals surface area (Å²) in [6.07, 6.45) is 2.34. The molecule has 17 heavy (non-hydrogen) atoms. The Hall–Kier alpha value is -0.130. The van der Waals surface area contributed by atoms with Gasteiger partial charge >= 0.3 is 0 Å². The fraction of sp³-hybridized carbons (Fsp3) is 1.00. The third-order valence-corrected chi connectivity index (χ3v) is 5.45. The van der Waals surface area contributed by atoms with E-state index in [1.807, 2.05) is 0 Å². The summed E-state index contributed by atoms with van der Waals surface area (Å²) < 4.78 is 24.8. The molecule has 0 spiro atoms. The summed E-state index contributed by atoms with van der Waals surface area (Å²) in [6, 6.07) is 0. The van der Waals surface area contributed by atoms with Crippen molar-refractivity contribution in [3.05, 3.63) is 0 Å². The molecule has 2 aliphatic heterocycles. The van der Waals surface area contributed by atoms with E-state index < -0.39 is 10.0 Å². The van der Waals surface area contributed by atoms with Crippen molar-refractivity contribution < 1.29 is 8.42 Å². The molecule has 0 aliphatic carbocycles. The molecular weight excluding hydrogens is 236 g/mol. The van der Waals surface area contributed by atoms with Crippen LogP contribution in [-0.2, 0) is 10.0 Å². The van der Waals surface area contributed by atoms with Gasteiger partial charge in [0.1, 0.15) is 0 Å². The molecule has 5 heteroatoms. The van der Waals surface area contributed by atoms with Gasteiger partial charge in [0.2, 0.25) is 10.0 Å². The van der Waals surface area contributed by atoms with Crippen LogP contribution < -0.4 is 0 Å². The molecule has 2 atom stereocenters. The van der Waals surface area contributed by atoms with Crippen molar-refractivity contribution in [2.75, 3.05) is 32.4 Å². The van der Waals surface area contributed by atoms with Gasteiger partial charge in [-0.05, 0) is 39.0 Å². The highest BCUT2D eigenvalue weighted by molar-refractivity contribution is 7.88. The van der Waals surface area contributed by atoms with Crippen LogP contribution in [0.3, 0.4) is 0 Å². The SMILES string of the molecule is CC(C)(C)N1CC2CCN(S(C)(=O)=O)CC2C1. The minimum Gasteiger partial charge on any atom is -0.298 e. The minimum absolute atomic E-state index is 0.202. The Labute approximate surface area is 105 Å². The largest absolute Gasteiger partial charge is 0.298 e. The van der Waals surface area contributed by atoms with E-state index in [0.717, 1.165) is 26.1 Å². The van der Waals surface area contributed by atoms with Crippen LogP contribution in [0.25, 0.3) is 0 Å². The summed E-state index contributed by atoms with van der Waals surface area (Å²) in [7, 11) is -3.00. The second kappa shape index (κ2) is 4.21. The molecule has 2 unspecified atom stereocenters. The molecule has 0 saturated carbocycles. The van der Waals surface area contributed by atoms with Crippen LogP contribution >= 0.6 is 0 Å². The van der Waals surface area contributed by atoms with E-state index >= 15 is 0 Å². The van der Waals surface area contributed by atoms with Gasteiger partial charge in [-0.15, -0.1) is 0 Å². The smallest absolute Gasteiger partial charge is 0.211 e. The summed E-state index contributed by atoms with van der Waals surface area (Å²) in [4.78, 5) is 2.49. The maximum absolute atomic E-state index is 11.6. The van der Waals surface area contributed by atoms with E-state index in [-0.39, 0.29) is 5.54 Å². The zero-order chi connectivity index (χ0) is 12.8. The van der Waals surface area contributed by atoms with E-state index in [4.69, 9.17) is 0 Å². The van der Waals surface area contributed by atoms with Gasteiger partial charge in [-0.2, -0.15) is 0 Å². The molecule has 2 fully saturated rings. The summed E-state index contributed by atoms with van der Waals surface area (Å²) in [5.41, 5.74) is 0.202. The molecule has 0 N–H and O–H groups in total. The van der Waals surface area contributed by atoms with Crippen molar-refractivity contribution in [2.24, 2.45) is 11.8 Å². The van der Waals surface area contributed by atoms with E-state index in [1.54, 1.807) is 4.31 Å². The van der Waals surface area contributed by atoms with Gasteiger partial charge in [0.15, 0.2) is 0 Å². The van der Waals surface area contributed by atoms with Gasteiger partial charge in [-0.3, -0.25) is 4.90 Å². The Kier molecular flexibility index (Phi) is 3.30. The average Bonchev–Trinajstić information content (AvgIpc) is 2.57. The molecule has 2 heterocycles. The molecule has 0 radical (unpaired) electrons. The molecule has 4 nitrogen and oxygen atoms in total. The second-order valence-electron chi connectivity index (χ2n) is 6.51. The number of likely N-dealkylation sites (tertiary alicyclic amines) is 1. The molecule has 0 amide bonds. The third kappa shape index (κ3) is 2.83. The summed E-state index contributed by atoms with van der Waals surface area (Å²) in [5.74, 6) is 1.21. The first kappa shape index (κ1) is 13.3. The van der Waals surface area contributed by atoms with Crippen LogP contribution in [-0.4, -0.2) is 55.6 Å². The highest BCUT2D eigenvalue weighted by Crippen LogP contribution is 2.35. The van der Waals surface area contributed by atoms with Crippen molar-refractivity contribution in [1.29, 1.82) is 0 Å². The predicted molar refractivity (Wildman–Crippen MR) is 69.3 cm³/mol. The lowest BCUT2D eigenvalue weighted by molar-refractivity contribution is 0.165. The number of fused-ring (bicyclic) bond motifs is 1. The number of piperidine rings is 1. The predicted octanol–water partition coefficient (Wildman–Crippen LogP) is 0.998. The van der Waals surface area contributed by atoms with Gasteiger partial charge in [0.25, 0.3) is 0 Å². The van der Waals surface area contributed by atoms with E-state index in [1.165, 1.54) is 6.26 Å². The van der Waals surface area contributed by atoms with Gasteiger partial charge in [0.05, 0.1) is 6.26 Å². The molecule has 100 valence electrons. The van der Waals surface area contributed by atoms with E-state index in [0.29, 0.717) is 18.4 Å². The molecule has 0 aromatic heterocycles. The number of nitrogens with zero attached hydrogens (tertiary/aromatic N) is 2. The average molecular weight is 260 g/mol. The lowest BCUT2D eigenvalue weighted by Crippen LogP contribution is -2.43. The first-order chi connectivity index (χ1) is 7.68. The Morgan fingerprint density at radius 3 is 2.18 bits per heavy atom. The second-order valence-corrected chi connectivity index (χ2v) is 8.49. The summed E-state index contributed by atoms with van der Waals surface area (Å²) >= 11 is 0. The Bertz CT molecular complexity index is 386. The van der Waals surface area contributed by atoms with Crippen LogP contribution in [0.1, 0.15) is 27.2 Å². The molecule has 0 aromatic carbocycles. The van der Waals surface area contributed by atoms with Crippen LogP contribution in [0.5, 0.6) is 0 Å². The number of rotatable bonds is 1. The Morgan fingerprint density at radius 1 is 1.06 bits per heavy atom. The van der Waals surface area contributed by atoms with Gasteiger partial charge in [-0.25, -0.2) is 12.7 Å².